The zero-order chi connectivity index (χ0) is 13.7. The number of hydrogen-bond donors (Lipinski definition) is 1. The highest BCUT2D eigenvalue weighted by Crippen LogP contribution is 2.22. The van der Waals surface area contributed by atoms with Crippen LogP contribution in [0.5, 0.6) is 0 Å². The van der Waals surface area contributed by atoms with Crippen LogP contribution in [0.2, 0.25) is 0 Å². The maximum Gasteiger partial charge on any atom is 0.255 e. The van der Waals surface area contributed by atoms with Crippen LogP contribution in [-0.2, 0) is 4.74 Å². The summed E-state index contributed by atoms with van der Waals surface area (Å²) in [6, 6.07) is 7.71. The Morgan fingerprint density at radius 3 is 3.00 bits per heavy atom. The predicted octanol–water partition coefficient (Wildman–Crippen LogP) is 2.23. The number of nitrogens with one attached hydrogen (secondary N) is 1. The van der Waals surface area contributed by atoms with Crippen LogP contribution in [0.15, 0.2) is 24.3 Å². The second-order valence-electron chi connectivity index (χ2n) is 4.94. The molecule has 4 nitrogen and oxygen atoms in total. The summed E-state index contributed by atoms with van der Waals surface area (Å²) in [5, 5.41) is 3.24. The molecule has 0 saturated carbocycles. The normalized spacial score (nSPS) is 18.6. The van der Waals surface area contributed by atoms with Crippen molar-refractivity contribution in [1.82, 2.24) is 4.90 Å². The quantitative estimate of drug-likeness (QED) is 0.884. The standard InChI is InChI=1S/C15H22N2O2/c1-3-16-14-7-5-4-6-13(14)15(18)17-9-8-12(10-17)11-19-2/h4-7,12,16H,3,8-11H2,1-2H3. The lowest BCUT2D eigenvalue weighted by molar-refractivity contribution is 0.0776. The van der Waals surface area contributed by atoms with Crippen LogP contribution in [0.25, 0.3) is 0 Å². The molecule has 1 atom stereocenters. The first kappa shape index (κ1) is 13.9. The third kappa shape index (κ3) is 3.26. The van der Waals surface area contributed by atoms with Gasteiger partial charge in [0, 0.05) is 38.3 Å². The maximum absolute atomic E-state index is 12.5. The fourth-order valence-corrected chi connectivity index (χ4v) is 2.57. The number of benzene rings is 1. The lowest BCUT2D eigenvalue weighted by atomic mass is 10.1. The van der Waals surface area contributed by atoms with E-state index in [9.17, 15) is 4.79 Å². The Morgan fingerprint density at radius 2 is 2.26 bits per heavy atom. The van der Waals surface area contributed by atoms with E-state index in [0.29, 0.717) is 5.92 Å². The molecule has 1 aromatic rings. The van der Waals surface area contributed by atoms with Gasteiger partial charge in [0.15, 0.2) is 0 Å². The molecule has 0 aliphatic carbocycles. The summed E-state index contributed by atoms with van der Waals surface area (Å²) in [7, 11) is 1.71. The number of carbonyl (C=O) groups excluding carboxylic acids is 1. The molecule has 0 spiro atoms. The molecule has 1 aliphatic rings. The van der Waals surface area contributed by atoms with Crippen molar-refractivity contribution in [2.75, 3.05) is 38.7 Å². The van der Waals surface area contributed by atoms with Crippen molar-refractivity contribution in [2.24, 2.45) is 5.92 Å². The Labute approximate surface area is 114 Å². The molecule has 1 unspecified atom stereocenters. The van der Waals surface area contributed by atoms with E-state index in [-0.39, 0.29) is 5.91 Å². The first-order chi connectivity index (χ1) is 9.26. The van der Waals surface area contributed by atoms with Crippen LogP contribution < -0.4 is 5.32 Å². The molecule has 0 bridgehead atoms. The number of ether oxygens (including phenoxy) is 1. The summed E-state index contributed by atoms with van der Waals surface area (Å²) < 4.78 is 5.17. The van der Waals surface area contributed by atoms with E-state index >= 15 is 0 Å². The van der Waals surface area contributed by atoms with Gasteiger partial charge in [-0.3, -0.25) is 4.79 Å². The van der Waals surface area contributed by atoms with Crippen LogP contribution in [0, 0.1) is 5.92 Å². The Kier molecular flexibility index (Phi) is 4.80. The summed E-state index contributed by atoms with van der Waals surface area (Å²) in [6.07, 6.45) is 1.03. The SMILES string of the molecule is CCNc1ccccc1C(=O)N1CCC(COC)C1. The van der Waals surface area contributed by atoms with Crippen LogP contribution >= 0.6 is 0 Å². The van der Waals surface area contributed by atoms with Crippen molar-refractivity contribution in [2.45, 2.75) is 13.3 Å². The minimum atomic E-state index is 0.121. The van der Waals surface area contributed by atoms with Gasteiger partial charge < -0.3 is 15.0 Å². The molecule has 104 valence electrons. The number of carbonyl (C=O) groups is 1. The van der Waals surface area contributed by atoms with Crippen molar-refractivity contribution in [3.63, 3.8) is 0 Å². The summed E-state index contributed by atoms with van der Waals surface area (Å²) in [5.74, 6) is 0.593. The van der Waals surface area contributed by atoms with Gasteiger partial charge in [0.2, 0.25) is 0 Å². The molecular formula is C15H22N2O2. The summed E-state index contributed by atoms with van der Waals surface area (Å²) >= 11 is 0. The van der Waals surface area contributed by atoms with Gasteiger partial charge in [-0.25, -0.2) is 0 Å². The number of rotatable bonds is 5. The third-order valence-electron chi connectivity index (χ3n) is 3.50. The number of para-hydroxylation sites is 1. The smallest absolute Gasteiger partial charge is 0.255 e. The largest absolute Gasteiger partial charge is 0.385 e. The van der Waals surface area contributed by atoms with E-state index in [4.69, 9.17) is 4.74 Å². The molecule has 2 rings (SSSR count). The first-order valence-corrected chi connectivity index (χ1v) is 6.87. The lowest BCUT2D eigenvalue weighted by Gasteiger charge is -2.18. The summed E-state index contributed by atoms with van der Waals surface area (Å²) in [4.78, 5) is 14.5. The first-order valence-electron chi connectivity index (χ1n) is 6.87. The molecule has 1 heterocycles. The van der Waals surface area contributed by atoms with Gasteiger partial charge >= 0.3 is 0 Å². The van der Waals surface area contributed by atoms with Crippen molar-refractivity contribution >= 4 is 11.6 Å². The molecule has 1 fully saturated rings. The molecule has 19 heavy (non-hydrogen) atoms. The topological polar surface area (TPSA) is 41.6 Å². The second kappa shape index (κ2) is 6.57. The van der Waals surface area contributed by atoms with Crippen molar-refractivity contribution in [3.8, 4) is 0 Å². The van der Waals surface area contributed by atoms with Gasteiger partial charge in [-0.15, -0.1) is 0 Å². The van der Waals surface area contributed by atoms with Crippen molar-refractivity contribution < 1.29 is 9.53 Å². The van der Waals surface area contributed by atoms with Gasteiger partial charge in [0.1, 0.15) is 0 Å². The maximum atomic E-state index is 12.5. The molecule has 1 amide bonds. The molecule has 0 aromatic heterocycles. The Balaban J connectivity index is 2.08. The summed E-state index contributed by atoms with van der Waals surface area (Å²) in [5.41, 5.74) is 1.69. The third-order valence-corrected chi connectivity index (χ3v) is 3.50. The van der Waals surface area contributed by atoms with Gasteiger partial charge in [-0.1, -0.05) is 12.1 Å². The number of anilines is 1. The number of methoxy groups -OCH3 is 1. The Morgan fingerprint density at radius 1 is 1.47 bits per heavy atom. The highest BCUT2D eigenvalue weighted by atomic mass is 16.5. The van der Waals surface area contributed by atoms with E-state index in [1.54, 1.807) is 7.11 Å². The van der Waals surface area contributed by atoms with Crippen LogP contribution in [0.1, 0.15) is 23.7 Å². The van der Waals surface area contributed by atoms with Crippen LogP contribution in [0.3, 0.4) is 0 Å². The average Bonchev–Trinajstić information content (AvgIpc) is 2.88. The van der Waals surface area contributed by atoms with Gasteiger partial charge in [0.05, 0.1) is 12.2 Å². The van der Waals surface area contributed by atoms with Gasteiger partial charge in [0.25, 0.3) is 5.91 Å². The fourth-order valence-electron chi connectivity index (χ4n) is 2.57. The van der Waals surface area contributed by atoms with Crippen molar-refractivity contribution in [3.05, 3.63) is 29.8 Å². The fraction of sp³-hybridized carbons (Fsp3) is 0.533. The van der Waals surface area contributed by atoms with Gasteiger partial charge in [-0.05, 0) is 25.5 Å². The average molecular weight is 262 g/mol. The minimum absolute atomic E-state index is 0.121. The molecule has 1 aliphatic heterocycles. The summed E-state index contributed by atoms with van der Waals surface area (Å²) in [6.45, 7) is 5.21. The van der Waals surface area contributed by atoms with E-state index in [1.807, 2.05) is 36.1 Å². The zero-order valence-corrected chi connectivity index (χ0v) is 11.7. The van der Waals surface area contributed by atoms with E-state index in [1.165, 1.54) is 0 Å². The Hall–Kier alpha value is -1.55. The number of hydrogen-bond acceptors (Lipinski definition) is 3. The van der Waals surface area contributed by atoms with Crippen molar-refractivity contribution in [1.29, 1.82) is 0 Å². The molecule has 1 N–H and O–H groups in total. The van der Waals surface area contributed by atoms with E-state index in [0.717, 1.165) is 43.9 Å². The molecule has 1 saturated heterocycles. The second-order valence-corrected chi connectivity index (χ2v) is 4.94. The number of likely N-dealkylation sites (tertiary alicyclic amines) is 1. The predicted molar refractivity (Wildman–Crippen MR) is 76.5 cm³/mol. The lowest BCUT2D eigenvalue weighted by Crippen LogP contribution is -2.29. The molecule has 0 radical (unpaired) electrons. The Bertz CT molecular complexity index is 434. The van der Waals surface area contributed by atoms with Crippen LogP contribution in [0.4, 0.5) is 5.69 Å². The highest BCUT2D eigenvalue weighted by molar-refractivity contribution is 5.99. The minimum Gasteiger partial charge on any atom is -0.385 e. The monoisotopic (exact) mass is 262 g/mol. The molecule has 4 heteroatoms. The number of nitrogens with zero attached hydrogens (tertiary/aromatic N) is 1. The molecular weight excluding hydrogens is 240 g/mol. The zero-order valence-electron chi connectivity index (χ0n) is 11.7. The number of amides is 1. The van der Waals surface area contributed by atoms with Gasteiger partial charge in [-0.2, -0.15) is 0 Å². The molecule has 1 aromatic carbocycles. The van der Waals surface area contributed by atoms with Crippen LogP contribution in [-0.4, -0.2) is 44.2 Å². The highest BCUT2D eigenvalue weighted by Gasteiger charge is 2.27. The van der Waals surface area contributed by atoms with E-state index < -0.39 is 0 Å². The van der Waals surface area contributed by atoms with E-state index in [2.05, 4.69) is 5.32 Å².